The van der Waals surface area contributed by atoms with Gasteiger partial charge < -0.3 is 15.8 Å². The summed E-state index contributed by atoms with van der Waals surface area (Å²) < 4.78 is 5.25. The van der Waals surface area contributed by atoms with Gasteiger partial charge in [-0.05, 0) is 59.4 Å². The van der Waals surface area contributed by atoms with E-state index in [2.05, 4.69) is 11.4 Å². The molecule has 1 aliphatic rings. The number of hydrogen-bond donors (Lipinski definition) is 2. The summed E-state index contributed by atoms with van der Waals surface area (Å²) in [6, 6.07) is 0.245. The zero-order chi connectivity index (χ0) is 13.6. The number of alkyl carbamates (subject to hydrolysis) is 1. The maximum absolute atomic E-state index is 11.6. The zero-order valence-electron chi connectivity index (χ0n) is 11.8. The van der Waals surface area contributed by atoms with Crippen molar-refractivity contribution >= 4 is 6.09 Å². The Labute approximate surface area is 110 Å². The van der Waals surface area contributed by atoms with Crippen molar-refractivity contribution in [1.29, 1.82) is 0 Å². The number of rotatable bonds is 3. The van der Waals surface area contributed by atoms with E-state index in [0.717, 1.165) is 32.1 Å². The molecule has 1 saturated carbocycles. The van der Waals surface area contributed by atoms with Crippen LogP contribution in [0.1, 0.15) is 52.9 Å². The van der Waals surface area contributed by atoms with Crippen molar-refractivity contribution in [3.8, 4) is 0 Å². The summed E-state index contributed by atoms with van der Waals surface area (Å²) in [5.41, 5.74) is 6.53. The van der Waals surface area contributed by atoms with Gasteiger partial charge in [0.2, 0.25) is 0 Å². The van der Waals surface area contributed by atoms with Crippen molar-refractivity contribution in [3.05, 3.63) is 11.6 Å². The van der Waals surface area contributed by atoms with Gasteiger partial charge in [-0.3, -0.25) is 0 Å². The second kappa shape index (κ2) is 6.78. The van der Waals surface area contributed by atoms with E-state index >= 15 is 0 Å². The van der Waals surface area contributed by atoms with Crippen LogP contribution < -0.4 is 11.1 Å². The molecule has 0 radical (unpaired) electrons. The van der Waals surface area contributed by atoms with Gasteiger partial charge in [0.1, 0.15) is 5.60 Å². The van der Waals surface area contributed by atoms with E-state index in [4.69, 9.17) is 10.5 Å². The first-order valence-electron chi connectivity index (χ1n) is 6.78. The van der Waals surface area contributed by atoms with Crippen LogP contribution in [0.2, 0.25) is 0 Å². The van der Waals surface area contributed by atoms with E-state index in [0.29, 0.717) is 6.54 Å². The molecule has 3 N–H and O–H groups in total. The summed E-state index contributed by atoms with van der Waals surface area (Å²) >= 11 is 0. The van der Waals surface area contributed by atoms with Gasteiger partial charge in [-0.15, -0.1) is 0 Å². The van der Waals surface area contributed by atoms with Gasteiger partial charge >= 0.3 is 6.09 Å². The van der Waals surface area contributed by atoms with Crippen molar-refractivity contribution < 1.29 is 9.53 Å². The topological polar surface area (TPSA) is 64.3 Å². The third-order valence-corrected chi connectivity index (χ3v) is 2.95. The lowest BCUT2D eigenvalue weighted by atomic mass is 9.90. The fraction of sp³-hybridized carbons (Fsp3) is 0.786. The molecule has 0 aromatic carbocycles. The van der Waals surface area contributed by atoms with Crippen LogP contribution in [0, 0.1) is 0 Å². The average molecular weight is 254 g/mol. The summed E-state index contributed by atoms with van der Waals surface area (Å²) in [5, 5.41) is 2.94. The highest BCUT2D eigenvalue weighted by molar-refractivity contribution is 5.68. The van der Waals surface area contributed by atoms with Crippen LogP contribution in [0.25, 0.3) is 0 Å². The quantitative estimate of drug-likeness (QED) is 0.761. The van der Waals surface area contributed by atoms with Crippen LogP contribution in [-0.2, 0) is 4.74 Å². The fourth-order valence-corrected chi connectivity index (χ4v) is 2.10. The number of nitrogens with two attached hydrogens (primary N) is 1. The largest absolute Gasteiger partial charge is 0.444 e. The SMILES string of the molecule is CC(C)(C)OC(=O)NC1CCC(=CCCN)CC1. The number of carbonyl (C=O) groups excluding carboxylic acids is 1. The van der Waals surface area contributed by atoms with Crippen molar-refractivity contribution in [2.75, 3.05) is 6.54 Å². The average Bonchev–Trinajstić information content (AvgIpc) is 2.25. The van der Waals surface area contributed by atoms with Crippen molar-refractivity contribution in [3.63, 3.8) is 0 Å². The van der Waals surface area contributed by atoms with E-state index in [1.165, 1.54) is 5.57 Å². The van der Waals surface area contributed by atoms with Crippen LogP contribution in [-0.4, -0.2) is 24.3 Å². The summed E-state index contributed by atoms with van der Waals surface area (Å²) in [6.07, 6.45) is 7.00. The van der Waals surface area contributed by atoms with E-state index in [1.54, 1.807) is 0 Å². The molecule has 18 heavy (non-hydrogen) atoms. The fourth-order valence-electron chi connectivity index (χ4n) is 2.10. The van der Waals surface area contributed by atoms with Crippen molar-refractivity contribution in [2.24, 2.45) is 5.73 Å². The number of ether oxygens (including phenoxy) is 1. The Morgan fingerprint density at radius 2 is 2.06 bits per heavy atom. The summed E-state index contributed by atoms with van der Waals surface area (Å²) in [7, 11) is 0. The highest BCUT2D eigenvalue weighted by Crippen LogP contribution is 2.24. The zero-order valence-corrected chi connectivity index (χ0v) is 11.8. The molecule has 104 valence electrons. The van der Waals surface area contributed by atoms with E-state index < -0.39 is 5.60 Å². The van der Waals surface area contributed by atoms with Crippen molar-refractivity contribution in [2.45, 2.75) is 64.5 Å². The van der Waals surface area contributed by atoms with Gasteiger partial charge in [-0.1, -0.05) is 11.6 Å². The minimum Gasteiger partial charge on any atom is -0.444 e. The van der Waals surface area contributed by atoms with E-state index in [1.807, 2.05) is 20.8 Å². The minimum absolute atomic E-state index is 0.245. The first-order valence-corrected chi connectivity index (χ1v) is 6.78. The Hall–Kier alpha value is -1.03. The molecule has 0 aromatic rings. The molecule has 0 bridgehead atoms. The molecule has 1 rings (SSSR count). The maximum atomic E-state index is 11.6. The minimum atomic E-state index is -0.426. The molecule has 0 heterocycles. The van der Waals surface area contributed by atoms with Crippen LogP contribution in [0.3, 0.4) is 0 Å². The Balaban J connectivity index is 2.29. The Bertz CT molecular complexity index is 295. The highest BCUT2D eigenvalue weighted by atomic mass is 16.6. The number of allylic oxidation sites excluding steroid dienone is 1. The van der Waals surface area contributed by atoms with Crippen LogP contribution >= 0.6 is 0 Å². The first kappa shape index (κ1) is 15.0. The van der Waals surface area contributed by atoms with E-state index in [9.17, 15) is 4.79 Å². The third-order valence-electron chi connectivity index (χ3n) is 2.95. The van der Waals surface area contributed by atoms with Gasteiger partial charge in [-0.25, -0.2) is 4.79 Å². The molecule has 1 amide bonds. The van der Waals surface area contributed by atoms with Crippen LogP contribution in [0.5, 0.6) is 0 Å². The van der Waals surface area contributed by atoms with Gasteiger partial charge in [0.25, 0.3) is 0 Å². The molecule has 4 heteroatoms. The van der Waals surface area contributed by atoms with Gasteiger partial charge in [0.15, 0.2) is 0 Å². The first-order chi connectivity index (χ1) is 8.40. The predicted molar refractivity (Wildman–Crippen MR) is 73.4 cm³/mol. The maximum Gasteiger partial charge on any atom is 0.407 e. The number of amides is 1. The monoisotopic (exact) mass is 254 g/mol. The Morgan fingerprint density at radius 1 is 1.44 bits per heavy atom. The second-order valence-electron chi connectivity index (χ2n) is 5.86. The standard InChI is InChI=1S/C14H26N2O2/c1-14(2,3)18-13(17)16-12-8-6-11(7-9-12)5-4-10-15/h5,12H,4,6-10,15H2,1-3H3,(H,16,17). The molecule has 1 fully saturated rings. The molecule has 0 aromatic heterocycles. The summed E-state index contributed by atoms with van der Waals surface area (Å²) in [4.78, 5) is 11.6. The lowest BCUT2D eigenvalue weighted by Crippen LogP contribution is -2.40. The summed E-state index contributed by atoms with van der Waals surface area (Å²) in [6.45, 7) is 6.34. The molecular formula is C14H26N2O2. The van der Waals surface area contributed by atoms with Crippen LogP contribution in [0.15, 0.2) is 11.6 Å². The van der Waals surface area contributed by atoms with E-state index in [-0.39, 0.29) is 12.1 Å². The Morgan fingerprint density at radius 3 is 2.56 bits per heavy atom. The van der Waals surface area contributed by atoms with Gasteiger partial charge in [0.05, 0.1) is 0 Å². The molecule has 0 spiro atoms. The Kier molecular flexibility index (Phi) is 5.66. The van der Waals surface area contributed by atoms with Crippen molar-refractivity contribution in [1.82, 2.24) is 5.32 Å². The molecule has 0 aliphatic heterocycles. The van der Waals surface area contributed by atoms with Crippen LogP contribution in [0.4, 0.5) is 4.79 Å². The number of nitrogens with one attached hydrogen (secondary N) is 1. The third kappa shape index (κ3) is 6.05. The molecule has 0 unspecified atom stereocenters. The molecule has 1 aliphatic carbocycles. The number of hydrogen-bond acceptors (Lipinski definition) is 3. The second-order valence-corrected chi connectivity index (χ2v) is 5.86. The lowest BCUT2D eigenvalue weighted by Gasteiger charge is -2.27. The molecule has 0 saturated heterocycles. The lowest BCUT2D eigenvalue weighted by molar-refractivity contribution is 0.0496. The van der Waals surface area contributed by atoms with Gasteiger partial charge in [0, 0.05) is 6.04 Å². The summed E-state index contributed by atoms with van der Waals surface area (Å²) in [5.74, 6) is 0. The molecular weight excluding hydrogens is 228 g/mol. The normalized spacial score (nSPS) is 20.4. The molecule has 4 nitrogen and oxygen atoms in total. The number of carbonyl (C=O) groups is 1. The predicted octanol–water partition coefficient (Wildman–Crippen LogP) is 2.73. The molecule has 0 atom stereocenters. The highest BCUT2D eigenvalue weighted by Gasteiger charge is 2.21. The van der Waals surface area contributed by atoms with Gasteiger partial charge in [-0.2, -0.15) is 0 Å². The smallest absolute Gasteiger partial charge is 0.407 e.